The first-order valence-corrected chi connectivity index (χ1v) is 10.3. The van der Waals surface area contributed by atoms with Gasteiger partial charge in [0.1, 0.15) is 5.78 Å². The van der Waals surface area contributed by atoms with Crippen molar-refractivity contribution in [3.05, 3.63) is 0 Å². The van der Waals surface area contributed by atoms with Crippen LogP contribution in [0.15, 0.2) is 0 Å². The van der Waals surface area contributed by atoms with E-state index < -0.39 is 5.41 Å². The molecule has 4 saturated carbocycles. The smallest absolute Gasteiger partial charge is 0.314 e. The molecule has 0 aromatic carbocycles. The molecular weight excluding hydrogens is 328 g/mol. The normalized spacial score (nSPS) is 35.7. The van der Waals surface area contributed by atoms with Crippen molar-refractivity contribution in [3.8, 4) is 0 Å². The van der Waals surface area contributed by atoms with Crippen molar-refractivity contribution in [3.63, 3.8) is 0 Å². The summed E-state index contributed by atoms with van der Waals surface area (Å²) in [6.07, 6.45) is 4.93. The summed E-state index contributed by atoms with van der Waals surface area (Å²) >= 11 is 0. The first-order chi connectivity index (χ1) is 12.0. The number of esters is 1. The molecule has 6 atom stereocenters. The minimum Gasteiger partial charge on any atom is -0.438 e. The van der Waals surface area contributed by atoms with Gasteiger partial charge in [-0.05, 0) is 62.2 Å². The summed E-state index contributed by atoms with van der Waals surface area (Å²) in [5, 5.41) is 0. The number of ether oxygens (including phenoxy) is 2. The second-order valence-electron chi connectivity index (χ2n) is 10.8. The minimum atomic E-state index is -0.526. The van der Waals surface area contributed by atoms with Crippen LogP contribution in [0.4, 0.5) is 0 Å². The largest absolute Gasteiger partial charge is 0.438 e. The van der Waals surface area contributed by atoms with Gasteiger partial charge in [-0.1, -0.05) is 34.6 Å². The molecule has 148 valence electrons. The van der Waals surface area contributed by atoms with Crippen LogP contribution < -0.4 is 0 Å². The Balaban J connectivity index is 1.57. The lowest BCUT2D eigenvalue weighted by atomic mass is 9.54. The van der Waals surface area contributed by atoms with Gasteiger partial charge in [0, 0.05) is 11.8 Å². The van der Waals surface area contributed by atoms with E-state index in [1.54, 1.807) is 0 Å². The standard InChI is InChI=1S/C22H36O4/c1-13(2)22(6,11-21(3,4)5)20(24)26-12-25-19-16-8-14-7-15(10-16)18(23)17(19)9-14/h13-17,19H,7-12H2,1-6H3/t14?,15?,16?,17?,19?,22-/m0/s1. The molecule has 4 bridgehead atoms. The van der Waals surface area contributed by atoms with Crippen molar-refractivity contribution in [2.75, 3.05) is 6.79 Å². The van der Waals surface area contributed by atoms with Crippen molar-refractivity contribution in [2.45, 2.75) is 79.8 Å². The lowest BCUT2D eigenvalue weighted by Crippen LogP contribution is -2.55. The number of hydrogen-bond acceptors (Lipinski definition) is 4. The Kier molecular flexibility index (Phi) is 5.29. The van der Waals surface area contributed by atoms with Gasteiger partial charge >= 0.3 is 5.97 Å². The summed E-state index contributed by atoms with van der Waals surface area (Å²) in [6.45, 7) is 12.6. The van der Waals surface area contributed by atoms with E-state index in [1.165, 1.54) is 6.42 Å². The van der Waals surface area contributed by atoms with Crippen LogP contribution >= 0.6 is 0 Å². The third kappa shape index (κ3) is 3.72. The summed E-state index contributed by atoms with van der Waals surface area (Å²) < 4.78 is 11.6. The van der Waals surface area contributed by atoms with Crippen molar-refractivity contribution in [1.29, 1.82) is 0 Å². The molecule has 4 heteroatoms. The van der Waals surface area contributed by atoms with Crippen molar-refractivity contribution in [1.82, 2.24) is 0 Å². The zero-order chi connectivity index (χ0) is 19.3. The number of carbonyl (C=O) groups is 2. The van der Waals surface area contributed by atoms with Crippen molar-refractivity contribution >= 4 is 11.8 Å². The first kappa shape index (κ1) is 19.9. The Morgan fingerprint density at radius 3 is 2.42 bits per heavy atom. The number of hydrogen-bond donors (Lipinski definition) is 0. The molecule has 26 heavy (non-hydrogen) atoms. The third-order valence-electron chi connectivity index (χ3n) is 7.15. The van der Waals surface area contributed by atoms with Gasteiger partial charge in [-0.15, -0.1) is 0 Å². The Morgan fingerprint density at radius 2 is 1.81 bits per heavy atom. The van der Waals surface area contributed by atoms with E-state index in [-0.39, 0.29) is 42.0 Å². The summed E-state index contributed by atoms with van der Waals surface area (Å²) in [4.78, 5) is 25.3. The Bertz CT molecular complexity index is 561. The van der Waals surface area contributed by atoms with E-state index in [0.29, 0.717) is 17.6 Å². The molecule has 0 heterocycles. The van der Waals surface area contributed by atoms with E-state index in [1.807, 2.05) is 6.92 Å². The van der Waals surface area contributed by atoms with Gasteiger partial charge < -0.3 is 9.47 Å². The summed E-state index contributed by atoms with van der Waals surface area (Å²) in [5.41, 5.74) is -0.478. The summed E-state index contributed by atoms with van der Waals surface area (Å²) in [5.74, 6) is 1.90. The second kappa shape index (κ2) is 6.92. The minimum absolute atomic E-state index is 0.0223. The van der Waals surface area contributed by atoms with Crippen LogP contribution in [0.2, 0.25) is 0 Å². The van der Waals surface area contributed by atoms with Crippen LogP contribution in [-0.4, -0.2) is 24.6 Å². The maximum atomic E-state index is 12.8. The number of rotatable bonds is 6. The van der Waals surface area contributed by atoms with Crippen molar-refractivity contribution < 1.29 is 19.1 Å². The highest BCUT2D eigenvalue weighted by atomic mass is 16.7. The fourth-order valence-corrected chi connectivity index (χ4v) is 5.78. The number of Topliss-reactive ketones (excluding diaryl/α,β-unsaturated/α-hetero) is 1. The molecule has 0 saturated heterocycles. The van der Waals surface area contributed by atoms with Gasteiger partial charge in [0.2, 0.25) is 0 Å². The molecule has 0 aromatic heterocycles. The van der Waals surface area contributed by atoms with Crippen LogP contribution in [0, 0.1) is 40.4 Å². The number of ketones is 1. The van der Waals surface area contributed by atoms with E-state index >= 15 is 0 Å². The lowest BCUT2D eigenvalue weighted by Gasteiger charge is -2.52. The van der Waals surface area contributed by atoms with E-state index in [0.717, 1.165) is 25.7 Å². The topological polar surface area (TPSA) is 52.6 Å². The van der Waals surface area contributed by atoms with Gasteiger partial charge in [0.05, 0.1) is 11.5 Å². The quantitative estimate of drug-likeness (QED) is 0.510. The molecule has 0 spiro atoms. The van der Waals surface area contributed by atoms with Crippen LogP contribution in [0.1, 0.15) is 73.6 Å². The molecule has 4 aliphatic carbocycles. The zero-order valence-corrected chi connectivity index (χ0v) is 17.3. The number of carbonyl (C=O) groups excluding carboxylic acids is 2. The summed E-state index contributed by atoms with van der Waals surface area (Å²) in [7, 11) is 0. The third-order valence-corrected chi connectivity index (χ3v) is 7.15. The van der Waals surface area contributed by atoms with Crippen LogP contribution in [0.25, 0.3) is 0 Å². The molecule has 0 aromatic rings. The van der Waals surface area contributed by atoms with Gasteiger partial charge in [-0.2, -0.15) is 0 Å². The fraction of sp³-hybridized carbons (Fsp3) is 0.909. The van der Waals surface area contributed by atoms with Crippen LogP contribution in [-0.2, 0) is 19.1 Å². The lowest BCUT2D eigenvalue weighted by molar-refractivity contribution is -0.196. The van der Waals surface area contributed by atoms with Crippen molar-refractivity contribution in [2.24, 2.45) is 40.4 Å². The maximum absolute atomic E-state index is 12.8. The molecule has 5 unspecified atom stereocenters. The maximum Gasteiger partial charge on any atom is 0.314 e. The molecule has 4 rings (SSSR count). The molecule has 0 radical (unpaired) electrons. The summed E-state index contributed by atoms with van der Waals surface area (Å²) in [6, 6.07) is 0. The molecule has 4 aliphatic rings. The Labute approximate surface area is 158 Å². The highest BCUT2D eigenvalue weighted by molar-refractivity contribution is 5.86. The van der Waals surface area contributed by atoms with E-state index in [4.69, 9.17) is 9.47 Å². The molecule has 0 amide bonds. The van der Waals surface area contributed by atoms with Gasteiger partial charge in [-0.3, -0.25) is 9.59 Å². The van der Waals surface area contributed by atoms with E-state index in [9.17, 15) is 9.59 Å². The molecule has 4 nitrogen and oxygen atoms in total. The fourth-order valence-electron chi connectivity index (χ4n) is 5.78. The highest BCUT2D eigenvalue weighted by Crippen LogP contribution is 2.53. The van der Waals surface area contributed by atoms with Gasteiger partial charge in [0.25, 0.3) is 0 Å². The Hall–Kier alpha value is -0.900. The predicted molar refractivity (Wildman–Crippen MR) is 100 cm³/mol. The average molecular weight is 365 g/mol. The monoisotopic (exact) mass is 364 g/mol. The second-order valence-corrected chi connectivity index (χ2v) is 10.8. The first-order valence-electron chi connectivity index (χ1n) is 10.3. The highest BCUT2D eigenvalue weighted by Gasteiger charge is 2.54. The zero-order valence-electron chi connectivity index (χ0n) is 17.3. The van der Waals surface area contributed by atoms with E-state index in [2.05, 4.69) is 34.6 Å². The molecule has 0 aliphatic heterocycles. The van der Waals surface area contributed by atoms with Crippen LogP contribution in [0.3, 0.4) is 0 Å². The SMILES string of the molecule is CC(C)[C@](C)(CC(C)(C)C)C(=O)OCOC1C2CC3CC(C2)C(=O)C1C3. The van der Waals surface area contributed by atoms with Gasteiger partial charge in [0.15, 0.2) is 6.79 Å². The molecule has 4 fully saturated rings. The predicted octanol–water partition coefficient (Wildman–Crippen LogP) is 4.61. The average Bonchev–Trinajstić information content (AvgIpc) is 2.52. The molecule has 0 N–H and O–H groups in total. The van der Waals surface area contributed by atoms with Crippen LogP contribution in [0.5, 0.6) is 0 Å². The van der Waals surface area contributed by atoms with Gasteiger partial charge in [-0.25, -0.2) is 0 Å². The molecular formula is C22H36O4. The Morgan fingerprint density at radius 1 is 1.12 bits per heavy atom.